The number of nitrogens with one attached hydrogen (secondary N) is 1. The summed E-state index contributed by atoms with van der Waals surface area (Å²) in [7, 11) is 0. The van der Waals surface area contributed by atoms with Crippen molar-refractivity contribution < 1.29 is 18.7 Å². The highest BCUT2D eigenvalue weighted by Crippen LogP contribution is 2.05. The number of benzene rings is 2. The number of hydrogen-bond donors (Lipinski definition) is 1. The summed E-state index contributed by atoms with van der Waals surface area (Å²) in [6.45, 7) is 0.0280. The summed E-state index contributed by atoms with van der Waals surface area (Å²) in [4.78, 5) is 23.2. The van der Waals surface area contributed by atoms with E-state index in [0.717, 1.165) is 11.1 Å². The smallest absolute Gasteiger partial charge is 0.325 e. The van der Waals surface area contributed by atoms with Crippen molar-refractivity contribution in [2.24, 2.45) is 0 Å². The maximum absolute atomic E-state index is 12.8. The first-order chi connectivity index (χ1) is 11.1. The third-order valence-electron chi connectivity index (χ3n) is 3.23. The second kappa shape index (κ2) is 8.68. The summed E-state index contributed by atoms with van der Waals surface area (Å²) in [6.07, 6.45) is 0.725. The molecule has 120 valence electrons. The van der Waals surface area contributed by atoms with Crippen LogP contribution < -0.4 is 5.32 Å². The van der Waals surface area contributed by atoms with Crippen molar-refractivity contribution in [2.45, 2.75) is 19.4 Å². The molecule has 0 aliphatic carbocycles. The average Bonchev–Trinajstić information content (AvgIpc) is 2.58. The van der Waals surface area contributed by atoms with E-state index in [1.807, 2.05) is 30.3 Å². The van der Waals surface area contributed by atoms with E-state index in [0.29, 0.717) is 6.42 Å². The van der Waals surface area contributed by atoms with Gasteiger partial charge in [0.05, 0.1) is 0 Å². The molecular weight excluding hydrogens is 297 g/mol. The lowest BCUT2D eigenvalue weighted by Crippen LogP contribution is -2.30. The number of halogens is 1. The van der Waals surface area contributed by atoms with E-state index in [2.05, 4.69) is 5.32 Å². The zero-order chi connectivity index (χ0) is 16.5. The van der Waals surface area contributed by atoms with Crippen LogP contribution in [-0.4, -0.2) is 18.4 Å². The van der Waals surface area contributed by atoms with Gasteiger partial charge in [-0.1, -0.05) is 42.5 Å². The summed E-state index contributed by atoms with van der Waals surface area (Å²) in [5.74, 6) is -1.03. The lowest BCUT2D eigenvalue weighted by Gasteiger charge is -2.07. The fourth-order valence-corrected chi connectivity index (χ4v) is 1.96. The van der Waals surface area contributed by atoms with E-state index in [9.17, 15) is 14.0 Å². The molecule has 0 atom stereocenters. The molecule has 1 amide bonds. The monoisotopic (exact) mass is 315 g/mol. The SMILES string of the molecule is O=C(CCc1ccc(F)cc1)NCC(=O)OCc1ccccc1. The number of aryl methyl sites for hydroxylation is 1. The Labute approximate surface area is 134 Å². The summed E-state index contributed by atoms with van der Waals surface area (Å²) >= 11 is 0. The molecule has 0 spiro atoms. The Kier molecular flexibility index (Phi) is 6.29. The number of hydrogen-bond acceptors (Lipinski definition) is 3. The summed E-state index contributed by atoms with van der Waals surface area (Å²) in [5.41, 5.74) is 1.76. The molecule has 2 aromatic rings. The molecule has 0 aromatic heterocycles. The number of rotatable bonds is 7. The van der Waals surface area contributed by atoms with Crippen LogP contribution in [0.25, 0.3) is 0 Å². The topological polar surface area (TPSA) is 55.4 Å². The van der Waals surface area contributed by atoms with Gasteiger partial charge in [0.1, 0.15) is 19.0 Å². The van der Waals surface area contributed by atoms with Crippen molar-refractivity contribution in [1.29, 1.82) is 0 Å². The van der Waals surface area contributed by atoms with E-state index in [-0.39, 0.29) is 31.3 Å². The fraction of sp³-hybridized carbons (Fsp3) is 0.222. The Hall–Kier alpha value is -2.69. The molecule has 0 saturated carbocycles. The molecule has 0 saturated heterocycles. The Balaban J connectivity index is 1.63. The summed E-state index contributed by atoms with van der Waals surface area (Å²) in [6, 6.07) is 15.3. The first-order valence-electron chi connectivity index (χ1n) is 7.34. The molecule has 5 heteroatoms. The summed E-state index contributed by atoms with van der Waals surface area (Å²) in [5, 5.41) is 2.51. The molecule has 2 aromatic carbocycles. The lowest BCUT2D eigenvalue weighted by molar-refractivity contribution is -0.145. The van der Waals surface area contributed by atoms with Gasteiger partial charge in [0.25, 0.3) is 0 Å². The second-order valence-corrected chi connectivity index (χ2v) is 5.05. The van der Waals surface area contributed by atoms with Gasteiger partial charge in [-0.2, -0.15) is 0 Å². The molecule has 0 fully saturated rings. The van der Waals surface area contributed by atoms with Gasteiger partial charge in [-0.3, -0.25) is 9.59 Å². The number of carbonyl (C=O) groups is 2. The van der Waals surface area contributed by atoms with Crippen molar-refractivity contribution in [3.63, 3.8) is 0 Å². The van der Waals surface area contributed by atoms with Gasteiger partial charge in [-0.25, -0.2) is 4.39 Å². The normalized spacial score (nSPS) is 10.1. The Morgan fingerprint density at radius 1 is 0.957 bits per heavy atom. The average molecular weight is 315 g/mol. The van der Waals surface area contributed by atoms with Gasteiger partial charge in [0.2, 0.25) is 5.91 Å². The van der Waals surface area contributed by atoms with E-state index in [4.69, 9.17) is 4.74 Å². The van der Waals surface area contributed by atoms with E-state index >= 15 is 0 Å². The molecule has 0 heterocycles. The third kappa shape index (κ3) is 6.30. The van der Waals surface area contributed by atoms with Gasteiger partial charge in [0, 0.05) is 6.42 Å². The van der Waals surface area contributed by atoms with Crippen LogP contribution in [0, 0.1) is 5.82 Å². The standard InChI is InChI=1S/C18H18FNO3/c19-16-9-6-14(7-10-16)8-11-17(21)20-12-18(22)23-13-15-4-2-1-3-5-15/h1-7,9-10H,8,11-13H2,(H,20,21). The van der Waals surface area contributed by atoms with Gasteiger partial charge >= 0.3 is 5.97 Å². The maximum Gasteiger partial charge on any atom is 0.325 e. The van der Waals surface area contributed by atoms with Gasteiger partial charge in [0.15, 0.2) is 0 Å². The number of esters is 1. The predicted octanol–water partition coefficient (Wildman–Crippen LogP) is 2.62. The van der Waals surface area contributed by atoms with Crippen LogP contribution in [0.3, 0.4) is 0 Å². The minimum Gasteiger partial charge on any atom is -0.460 e. The largest absolute Gasteiger partial charge is 0.460 e. The lowest BCUT2D eigenvalue weighted by atomic mass is 10.1. The van der Waals surface area contributed by atoms with Crippen LogP contribution in [0.1, 0.15) is 17.5 Å². The molecule has 0 aliphatic rings. The van der Waals surface area contributed by atoms with Gasteiger partial charge in [-0.05, 0) is 29.7 Å². The number of carbonyl (C=O) groups excluding carboxylic acids is 2. The quantitative estimate of drug-likeness (QED) is 0.799. The van der Waals surface area contributed by atoms with Crippen LogP contribution >= 0.6 is 0 Å². The van der Waals surface area contributed by atoms with Crippen LogP contribution in [0.15, 0.2) is 54.6 Å². The third-order valence-corrected chi connectivity index (χ3v) is 3.23. The Morgan fingerprint density at radius 2 is 1.65 bits per heavy atom. The first-order valence-corrected chi connectivity index (χ1v) is 7.34. The minimum absolute atomic E-state index is 0.158. The minimum atomic E-state index is -0.482. The fourth-order valence-electron chi connectivity index (χ4n) is 1.96. The maximum atomic E-state index is 12.8. The summed E-state index contributed by atoms with van der Waals surface area (Å²) < 4.78 is 17.8. The van der Waals surface area contributed by atoms with Crippen molar-refractivity contribution in [2.75, 3.05) is 6.54 Å². The molecule has 4 nitrogen and oxygen atoms in total. The number of ether oxygens (including phenoxy) is 1. The van der Waals surface area contributed by atoms with Crippen LogP contribution in [-0.2, 0) is 27.4 Å². The van der Waals surface area contributed by atoms with E-state index in [1.165, 1.54) is 12.1 Å². The first kappa shape index (κ1) is 16.7. The zero-order valence-corrected chi connectivity index (χ0v) is 12.6. The molecule has 1 N–H and O–H groups in total. The molecular formula is C18H18FNO3. The number of amides is 1. The van der Waals surface area contributed by atoms with Crippen molar-refractivity contribution in [3.05, 3.63) is 71.5 Å². The Bertz CT molecular complexity index is 641. The zero-order valence-electron chi connectivity index (χ0n) is 12.6. The van der Waals surface area contributed by atoms with Crippen LogP contribution in [0.5, 0.6) is 0 Å². The molecule has 23 heavy (non-hydrogen) atoms. The predicted molar refractivity (Wildman–Crippen MR) is 84.0 cm³/mol. The molecule has 2 rings (SSSR count). The highest BCUT2D eigenvalue weighted by atomic mass is 19.1. The van der Waals surface area contributed by atoms with Crippen molar-refractivity contribution >= 4 is 11.9 Å². The van der Waals surface area contributed by atoms with Crippen LogP contribution in [0.2, 0.25) is 0 Å². The van der Waals surface area contributed by atoms with E-state index in [1.54, 1.807) is 12.1 Å². The molecule has 0 radical (unpaired) electrons. The van der Waals surface area contributed by atoms with Gasteiger partial charge < -0.3 is 10.1 Å². The van der Waals surface area contributed by atoms with E-state index < -0.39 is 5.97 Å². The molecule has 0 unspecified atom stereocenters. The Morgan fingerprint density at radius 3 is 2.35 bits per heavy atom. The van der Waals surface area contributed by atoms with Gasteiger partial charge in [-0.15, -0.1) is 0 Å². The highest BCUT2D eigenvalue weighted by Gasteiger charge is 2.07. The van der Waals surface area contributed by atoms with Crippen molar-refractivity contribution in [3.8, 4) is 0 Å². The highest BCUT2D eigenvalue weighted by molar-refractivity contribution is 5.82. The van der Waals surface area contributed by atoms with Crippen molar-refractivity contribution in [1.82, 2.24) is 5.32 Å². The second-order valence-electron chi connectivity index (χ2n) is 5.05. The van der Waals surface area contributed by atoms with Crippen LogP contribution in [0.4, 0.5) is 4.39 Å². The molecule has 0 aliphatic heterocycles. The molecule has 0 bridgehead atoms.